The number of carbonyl (C=O) groups is 1. The zero-order valence-electron chi connectivity index (χ0n) is 25.2. The van der Waals surface area contributed by atoms with Crippen molar-refractivity contribution in [1.29, 1.82) is 0 Å². The van der Waals surface area contributed by atoms with E-state index < -0.39 is 5.60 Å². The summed E-state index contributed by atoms with van der Waals surface area (Å²) >= 11 is 0. The zero-order chi connectivity index (χ0) is 29.3. The normalized spacial score (nSPS) is 20.8. The van der Waals surface area contributed by atoms with Crippen LogP contribution in [0.3, 0.4) is 0 Å². The molecule has 0 bridgehead atoms. The van der Waals surface area contributed by atoms with Gasteiger partial charge in [-0.1, -0.05) is 12.8 Å². The summed E-state index contributed by atoms with van der Waals surface area (Å²) in [7, 11) is 0. The van der Waals surface area contributed by atoms with Crippen LogP contribution in [0.4, 0.5) is 4.79 Å². The minimum Gasteiger partial charge on any atom is -0.488 e. The van der Waals surface area contributed by atoms with Crippen LogP contribution in [-0.2, 0) is 18.0 Å². The van der Waals surface area contributed by atoms with E-state index in [0.29, 0.717) is 32.1 Å². The van der Waals surface area contributed by atoms with Crippen molar-refractivity contribution in [2.45, 2.75) is 96.5 Å². The SMILES string of the molecule is CC(C)(C)OC(=O)N1CCC[C@H]1C1=NC=C(c2cc3c4c(c2)OCc2cc(-c5cnc(C6CCCC6)[nH]5)cc(c2-4)OC3)C1. The summed E-state index contributed by atoms with van der Waals surface area (Å²) in [5.74, 6) is 3.46. The summed E-state index contributed by atoms with van der Waals surface area (Å²) in [6.07, 6.45) is 11.3. The molecule has 0 radical (unpaired) electrons. The number of imidazole rings is 1. The second-order valence-electron chi connectivity index (χ2n) is 13.5. The van der Waals surface area contributed by atoms with Gasteiger partial charge in [0.05, 0.1) is 17.9 Å². The van der Waals surface area contributed by atoms with Gasteiger partial charge in [0.15, 0.2) is 0 Å². The van der Waals surface area contributed by atoms with Crippen LogP contribution in [0.15, 0.2) is 41.7 Å². The van der Waals surface area contributed by atoms with E-state index in [9.17, 15) is 4.79 Å². The highest BCUT2D eigenvalue weighted by Gasteiger charge is 2.37. The second-order valence-corrected chi connectivity index (χ2v) is 13.5. The molecule has 1 atom stereocenters. The Bertz CT molecular complexity index is 1640. The summed E-state index contributed by atoms with van der Waals surface area (Å²) in [6, 6.07) is 8.72. The number of carbonyl (C=O) groups excluding carboxylic acids is 1. The van der Waals surface area contributed by atoms with E-state index in [1.807, 2.05) is 38.1 Å². The Balaban J connectivity index is 1.04. The second kappa shape index (κ2) is 10.00. The fraction of sp³-hybridized carbons (Fsp3) is 0.457. The number of aromatic nitrogens is 2. The lowest BCUT2D eigenvalue weighted by molar-refractivity contribution is 0.0265. The maximum Gasteiger partial charge on any atom is 0.410 e. The van der Waals surface area contributed by atoms with Crippen molar-refractivity contribution < 1.29 is 19.0 Å². The van der Waals surface area contributed by atoms with Gasteiger partial charge < -0.3 is 19.2 Å². The number of amides is 1. The zero-order valence-corrected chi connectivity index (χ0v) is 25.2. The van der Waals surface area contributed by atoms with Crippen LogP contribution >= 0.6 is 0 Å². The van der Waals surface area contributed by atoms with Crippen LogP contribution in [0.25, 0.3) is 28.0 Å². The number of hydrogen-bond acceptors (Lipinski definition) is 6. The fourth-order valence-corrected chi connectivity index (χ4v) is 7.39. The number of allylic oxidation sites excluding steroid dienone is 1. The summed E-state index contributed by atoms with van der Waals surface area (Å²) in [4.78, 5) is 27.9. The molecule has 1 saturated carbocycles. The van der Waals surface area contributed by atoms with Crippen LogP contribution in [-0.4, -0.2) is 44.9 Å². The first-order valence-electron chi connectivity index (χ1n) is 15.7. The Labute approximate surface area is 252 Å². The van der Waals surface area contributed by atoms with Gasteiger partial charge in [0.25, 0.3) is 0 Å². The maximum atomic E-state index is 12.9. The molecular formula is C35H38N4O4. The molecule has 8 nitrogen and oxygen atoms in total. The molecule has 2 aromatic carbocycles. The Morgan fingerprint density at radius 2 is 1.65 bits per heavy atom. The largest absolute Gasteiger partial charge is 0.488 e. The van der Waals surface area contributed by atoms with Crippen LogP contribution in [0, 0.1) is 0 Å². The van der Waals surface area contributed by atoms with E-state index >= 15 is 0 Å². The van der Waals surface area contributed by atoms with E-state index in [0.717, 1.165) is 80.5 Å². The highest BCUT2D eigenvalue weighted by molar-refractivity contribution is 6.03. The topological polar surface area (TPSA) is 89.0 Å². The number of hydrogen-bond donors (Lipinski definition) is 1. The number of likely N-dealkylation sites (tertiary alicyclic amines) is 1. The van der Waals surface area contributed by atoms with Crippen molar-refractivity contribution >= 4 is 17.4 Å². The van der Waals surface area contributed by atoms with Gasteiger partial charge in [-0.05, 0) is 81.9 Å². The molecule has 1 saturated heterocycles. The summed E-state index contributed by atoms with van der Waals surface area (Å²) in [6.45, 7) is 7.40. The lowest BCUT2D eigenvalue weighted by Gasteiger charge is -2.30. The Kier molecular flexibility index (Phi) is 6.17. The molecule has 222 valence electrons. The number of nitrogens with zero attached hydrogens (tertiary/aromatic N) is 3. The van der Waals surface area contributed by atoms with Gasteiger partial charge in [-0.3, -0.25) is 9.89 Å². The van der Waals surface area contributed by atoms with Crippen molar-refractivity contribution in [2.24, 2.45) is 4.99 Å². The van der Waals surface area contributed by atoms with Gasteiger partial charge in [0.2, 0.25) is 0 Å². The van der Waals surface area contributed by atoms with E-state index in [2.05, 4.69) is 29.2 Å². The van der Waals surface area contributed by atoms with Crippen LogP contribution in [0.1, 0.15) is 94.1 Å². The number of H-pyrrole nitrogens is 1. The number of aromatic amines is 1. The van der Waals surface area contributed by atoms with Crippen LogP contribution < -0.4 is 9.47 Å². The van der Waals surface area contributed by atoms with Gasteiger partial charge in [-0.15, -0.1) is 0 Å². The molecule has 0 spiro atoms. The monoisotopic (exact) mass is 578 g/mol. The van der Waals surface area contributed by atoms with Crippen molar-refractivity contribution in [3.63, 3.8) is 0 Å². The van der Waals surface area contributed by atoms with Gasteiger partial charge in [0, 0.05) is 58.6 Å². The fourth-order valence-electron chi connectivity index (χ4n) is 7.39. The third-order valence-corrected chi connectivity index (χ3v) is 9.43. The average Bonchev–Trinajstić information content (AvgIpc) is 3.80. The average molecular weight is 579 g/mol. The van der Waals surface area contributed by atoms with Gasteiger partial charge in [-0.2, -0.15) is 0 Å². The van der Waals surface area contributed by atoms with Crippen molar-refractivity contribution in [3.05, 3.63) is 59.2 Å². The third-order valence-electron chi connectivity index (χ3n) is 9.43. The minimum absolute atomic E-state index is 0.0214. The first-order valence-corrected chi connectivity index (χ1v) is 15.7. The van der Waals surface area contributed by atoms with E-state index in [4.69, 9.17) is 24.2 Å². The lowest BCUT2D eigenvalue weighted by Crippen LogP contribution is -2.43. The molecule has 8 rings (SSSR count). The molecule has 1 aromatic heterocycles. The Morgan fingerprint density at radius 3 is 2.37 bits per heavy atom. The molecule has 5 aliphatic rings. The van der Waals surface area contributed by atoms with Gasteiger partial charge in [-0.25, -0.2) is 9.78 Å². The van der Waals surface area contributed by atoms with E-state index in [-0.39, 0.29) is 12.1 Å². The summed E-state index contributed by atoms with van der Waals surface area (Å²) in [5, 5.41) is 0. The first-order chi connectivity index (χ1) is 20.8. The number of ether oxygens (including phenoxy) is 3. The van der Waals surface area contributed by atoms with Crippen molar-refractivity contribution in [3.8, 4) is 33.9 Å². The lowest BCUT2D eigenvalue weighted by atomic mass is 9.86. The molecule has 5 heterocycles. The van der Waals surface area contributed by atoms with Gasteiger partial charge >= 0.3 is 6.09 Å². The summed E-state index contributed by atoms with van der Waals surface area (Å²) < 4.78 is 18.5. The predicted molar refractivity (Wildman–Crippen MR) is 165 cm³/mol. The van der Waals surface area contributed by atoms with Crippen molar-refractivity contribution in [2.75, 3.05) is 6.54 Å². The molecule has 2 fully saturated rings. The van der Waals surface area contributed by atoms with Crippen LogP contribution in [0.2, 0.25) is 0 Å². The van der Waals surface area contributed by atoms with Crippen molar-refractivity contribution in [1.82, 2.24) is 14.9 Å². The molecule has 0 unspecified atom stereocenters. The Hall–Kier alpha value is -4.07. The first kappa shape index (κ1) is 26.5. The quantitative estimate of drug-likeness (QED) is 0.342. The molecule has 1 amide bonds. The molecule has 4 aliphatic heterocycles. The third kappa shape index (κ3) is 4.71. The number of rotatable bonds is 4. The minimum atomic E-state index is -0.518. The van der Waals surface area contributed by atoms with E-state index in [1.165, 1.54) is 25.7 Å². The van der Waals surface area contributed by atoms with E-state index in [1.54, 1.807) is 0 Å². The molecular weight excluding hydrogens is 540 g/mol. The predicted octanol–water partition coefficient (Wildman–Crippen LogP) is 7.77. The molecule has 43 heavy (non-hydrogen) atoms. The van der Waals surface area contributed by atoms with Crippen LogP contribution in [0.5, 0.6) is 11.5 Å². The molecule has 1 aliphatic carbocycles. The number of benzene rings is 2. The summed E-state index contributed by atoms with van der Waals surface area (Å²) in [5.41, 5.74) is 9.41. The number of aliphatic imine (C=N–C) groups is 1. The molecule has 8 heteroatoms. The van der Waals surface area contributed by atoms with Gasteiger partial charge in [0.1, 0.15) is 36.1 Å². The standard InChI is InChI=1S/C35H38N4O4/c1-35(2,3)43-34(40)39-10-6-9-28(39)26-13-23(16-36-26)21-11-24-18-42-30-15-22(12-25-19-41-29(14-21)31(24)32(25)30)27-17-37-33(38-27)20-7-4-5-8-20/h11-12,14-17,20,28H,4-10,13,18-19H2,1-3H3,(H,37,38)/t28-/m0/s1. The Morgan fingerprint density at radius 1 is 0.953 bits per heavy atom. The maximum absolute atomic E-state index is 12.9. The molecule has 3 aromatic rings. The number of nitrogens with one attached hydrogen (secondary N) is 1. The smallest absolute Gasteiger partial charge is 0.410 e. The molecule has 1 N–H and O–H groups in total. The highest BCUT2D eigenvalue weighted by Crippen LogP contribution is 2.51. The highest BCUT2D eigenvalue weighted by atomic mass is 16.6.